The van der Waals surface area contributed by atoms with Crippen molar-refractivity contribution in [2.75, 3.05) is 0 Å². The lowest BCUT2D eigenvalue weighted by atomic mass is 10.1. The summed E-state index contributed by atoms with van der Waals surface area (Å²) in [6.45, 7) is 6.14. The number of pyridine rings is 1. The van der Waals surface area contributed by atoms with E-state index in [1.807, 2.05) is 25.1 Å². The number of aromatic nitrogens is 1. The van der Waals surface area contributed by atoms with Crippen LogP contribution in [-0.2, 0) is 0 Å². The fourth-order valence-corrected chi connectivity index (χ4v) is 1.73. The Kier molecular flexibility index (Phi) is 3.48. The number of hydrogen-bond acceptors (Lipinski definition) is 2. The van der Waals surface area contributed by atoms with E-state index in [0.29, 0.717) is 5.88 Å². The Labute approximate surface area is 110 Å². The maximum atomic E-state index is 5.79. The van der Waals surface area contributed by atoms with Gasteiger partial charge in [-0.15, -0.1) is 0 Å². The van der Waals surface area contributed by atoms with Crippen molar-refractivity contribution in [3.05, 3.63) is 51.6 Å². The maximum absolute atomic E-state index is 5.79. The first-order chi connectivity index (χ1) is 8.08. The van der Waals surface area contributed by atoms with Crippen molar-refractivity contribution >= 4 is 15.9 Å². The molecule has 0 radical (unpaired) electrons. The molecule has 0 amide bonds. The molecule has 0 aliphatic carbocycles. The van der Waals surface area contributed by atoms with Gasteiger partial charge >= 0.3 is 0 Å². The van der Waals surface area contributed by atoms with Crippen molar-refractivity contribution in [1.82, 2.24) is 4.98 Å². The second-order valence-electron chi connectivity index (χ2n) is 4.07. The van der Waals surface area contributed by atoms with Crippen LogP contribution < -0.4 is 4.74 Å². The molecule has 2 nitrogen and oxygen atoms in total. The van der Waals surface area contributed by atoms with Crippen LogP contribution >= 0.6 is 15.9 Å². The zero-order valence-corrected chi connectivity index (χ0v) is 11.7. The summed E-state index contributed by atoms with van der Waals surface area (Å²) < 4.78 is 6.79. The minimum absolute atomic E-state index is 0.624. The van der Waals surface area contributed by atoms with E-state index in [2.05, 4.69) is 40.8 Å². The van der Waals surface area contributed by atoms with Crippen LogP contribution in [0.25, 0.3) is 0 Å². The summed E-state index contributed by atoms with van der Waals surface area (Å²) in [4.78, 5) is 4.24. The van der Waals surface area contributed by atoms with Crippen molar-refractivity contribution in [2.24, 2.45) is 0 Å². The lowest BCUT2D eigenvalue weighted by Gasteiger charge is -2.10. The molecule has 1 heterocycles. The van der Waals surface area contributed by atoms with Gasteiger partial charge in [0, 0.05) is 16.7 Å². The fourth-order valence-electron chi connectivity index (χ4n) is 1.52. The SMILES string of the molecule is Cc1cc(Oc2cccc(C)c2C)ncc1Br. The van der Waals surface area contributed by atoms with Crippen LogP contribution in [0.15, 0.2) is 34.9 Å². The van der Waals surface area contributed by atoms with E-state index in [1.54, 1.807) is 6.20 Å². The summed E-state index contributed by atoms with van der Waals surface area (Å²) in [5.41, 5.74) is 3.48. The Morgan fingerprint density at radius 1 is 1.12 bits per heavy atom. The fraction of sp³-hybridized carbons (Fsp3) is 0.214. The molecule has 1 aromatic heterocycles. The lowest BCUT2D eigenvalue weighted by Crippen LogP contribution is -1.92. The van der Waals surface area contributed by atoms with E-state index in [9.17, 15) is 0 Å². The van der Waals surface area contributed by atoms with Crippen LogP contribution in [0.2, 0.25) is 0 Å². The monoisotopic (exact) mass is 291 g/mol. The Morgan fingerprint density at radius 3 is 2.59 bits per heavy atom. The molecule has 0 spiro atoms. The highest BCUT2D eigenvalue weighted by Gasteiger charge is 2.05. The average Bonchev–Trinajstić information content (AvgIpc) is 2.30. The standard InChI is InChI=1S/C14H14BrNO/c1-9-5-4-6-13(11(9)3)17-14-7-10(2)12(15)8-16-14/h4-8H,1-3H3. The van der Waals surface area contributed by atoms with E-state index >= 15 is 0 Å². The van der Waals surface area contributed by atoms with Crippen LogP contribution in [0, 0.1) is 20.8 Å². The molecular weight excluding hydrogens is 278 g/mol. The Morgan fingerprint density at radius 2 is 1.88 bits per heavy atom. The summed E-state index contributed by atoms with van der Waals surface area (Å²) in [5, 5.41) is 0. The van der Waals surface area contributed by atoms with Crippen LogP contribution in [0.1, 0.15) is 16.7 Å². The topological polar surface area (TPSA) is 22.1 Å². The van der Waals surface area contributed by atoms with Crippen LogP contribution in [0.3, 0.4) is 0 Å². The zero-order chi connectivity index (χ0) is 12.4. The minimum atomic E-state index is 0.624. The highest BCUT2D eigenvalue weighted by atomic mass is 79.9. The van der Waals surface area contributed by atoms with E-state index in [1.165, 1.54) is 5.56 Å². The van der Waals surface area contributed by atoms with Gasteiger partial charge in [0.2, 0.25) is 5.88 Å². The van der Waals surface area contributed by atoms with Gasteiger partial charge in [-0.2, -0.15) is 0 Å². The van der Waals surface area contributed by atoms with Crippen LogP contribution in [0.5, 0.6) is 11.6 Å². The third-order valence-corrected chi connectivity index (χ3v) is 3.62. The summed E-state index contributed by atoms with van der Waals surface area (Å²) in [6.07, 6.45) is 1.76. The first-order valence-corrected chi connectivity index (χ1v) is 6.23. The van der Waals surface area contributed by atoms with Crippen molar-refractivity contribution in [3.63, 3.8) is 0 Å². The molecule has 0 aliphatic rings. The molecule has 1 aromatic carbocycles. The Hall–Kier alpha value is -1.35. The van der Waals surface area contributed by atoms with E-state index in [0.717, 1.165) is 21.3 Å². The predicted octanol–water partition coefficient (Wildman–Crippen LogP) is 4.56. The van der Waals surface area contributed by atoms with E-state index in [4.69, 9.17) is 4.74 Å². The molecule has 0 atom stereocenters. The van der Waals surface area contributed by atoms with Crippen molar-refractivity contribution in [3.8, 4) is 11.6 Å². The second-order valence-corrected chi connectivity index (χ2v) is 4.93. The van der Waals surface area contributed by atoms with Gasteiger partial charge in [0.15, 0.2) is 0 Å². The molecule has 0 saturated carbocycles. The zero-order valence-electron chi connectivity index (χ0n) is 10.1. The quantitative estimate of drug-likeness (QED) is 0.809. The number of halogens is 1. The van der Waals surface area contributed by atoms with Gasteiger partial charge < -0.3 is 4.74 Å². The van der Waals surface area contributed by atoms with Gasteiger partial charge in [-0.05, 0) is 59.5 Å². The molecule has 3 heteroatoms. The number of benzene rings is 1. The number of aryl methyl sites for hydroxylation is 2. The summed E-state index contributed by atoms with van der Waals surface area (Å²) >= 11 is 3.42. The highest BCUT2D eigenvalue weighted by molar-refractivity contribution is 9.10. The Balaban J connectivity index is 2.31. The third kappa shape index (κ3) is 2.67. The van der Waals surface area contributed by atoms with Gasteiger partial charge in [0.05, 0.1) is 0 Å². The van der Waals surface area contributed by atoms with Gasteiger partial charge in [-0.1, -0.05) is 12.1 Å². The van der Waals surface area contributed by atoms with Gasteiger partial charge in [0.25, 0.3) is 0 Å². The van der Waals surface area contributed by atoms with Gasteiger partial charge in [-0.25, -0.2) is 4.98 Å². The number of hydrogen-bond donors (Lipinski definition) is 0. The smallest absolute Gasteiger partial charge is 0.219 e. The normalized spacial score (nSPS) is 10.4. The van der Waals surface area contributed by atoms with Crippen molar-refractivity contribution in [2.45, 2.75) is 20.8 Å². The van der Waals surface area contributed by atoms with E-state index in [-0.39, 0.29) is 0 Å². The molecule has 17 heavy (non-hydrogen) atoms. The number of rotatable bonds is 2. The molecule has 0 saturated heterocycles. The molecule has 2 rings (SSSR count). The molecule has 0 bridgehead atoms. The second kappa shape index (κ2) is 4.88. The number of ether oxygens (including phenoxy) is 1. The summed E-state index contributed by atoms with van der Waals surface area (Å²) in [7, 11) is 0. The first kappa shape index (κ1) is 12.1. The molecule has 0 N–H and O–H groups in total. The molecule has 0 unspecified atom stereocenters. The Bertz CT molecular complexity index is 552. The van der Waals surface area contributed by atoms with Gasteiger partial charge in [0.1, 0.15) is 5.75 Å². The molecule has 2 aromatic rings. The third-order valence-electron chi connectivity index (χ3n) is 2.79. The highest BCUT2D eigenvalue weighted by Crippen LogP contribution is 2.27. The largest absolute Gasteiger partial charge is 0.439 e. The van der Waals surface area contributed by atoms with Gasteiger partial charge in [-0.3, -0.25) is 0 Å². The first-order valence-electron chi connectivity index (χ1n) is 5.44. The minimum Gasteiger partial charge on any atom is -0.439 e. The molecule has 0 fully saturated rings. The van der Waals surface area contributed by atoms with Crippen LogP contribution in [-0.4, -0.2) is 4.98 Å². The summed E-state index contributed by atoms with van der Waals surface area (Å²) in [6, 6.07) is 7.94. The number of nitrogens with zero attached hydrogens (tertiary/aromatic N) is 1. The van der Waals surface area contributed by atoms with Crippen LogP contribution in [0.4, 0.5) is 0 Å². The van der Waals surface area contributed by atoms with Crippen molar-refractivity contribution < 1.29 is 4.74 Å². The van der Waals surface area contributed by atoms with Crippen molar-refractivity contribution in [1.29, 1.82) is 0 Å². The van der Waals surface area contributed by atoms with E-state index < -0.39 is 0 Å². The molecule has 88 valence electrons. The molecular formula is C14H14BrNO. The summed E-state index contributed by atoms with van der Waals surface area (Å²) in [5.74, 6) is 1.48. The average molecular weight is 292 g/mol. The molecule has 0 aliphatic heterocycles. The maximum Gasteiger partial charge on any atom is 0.219 e. The lowest BCUT2D eigenvalue weighted by molar-refractivity contribution is 0.458. The predicted molar refractivity (Wildman–Crippen MR) is 72.7 cm³/mol.